The van der Waals surface area contributed by atoms with Crippen LogP contribution in [0.1, 0.15) is 141 Å². The molecule has 3 nitrogen and oxygen atoms in total. The van der Waals surface area contributed by atoms with Crippen molar-refractivity contribution in [2.24, 2.45) is 0 Å². The molecular weight excluding hydrogens is 810 g/mol. The molecule has 0 spiro atoms. The van der Waals surface area contributed by atoms with Gasteiger partial charge in [0.2, 0.25) is 0 Å². The van der Waals surface area contributed by atoms with Crippen molar-refractivity contribution in [3.05, 3.63) is 178 Å². The maximum absolute atomic E-state index is 2.64. The molecular formula is C63H70BN3. The Hall–Kier alpha value is -6.00. The normalized spacial score (nSPS) is 15.2. The predicted octanol–water partition coefficient (Wildman–Crippen LogP) is 15.7. The summed E-state index contributed by atoms with van der Waals surface area (Å²) in [5.41, 5.74) is 25.3. The topological polar surface area (TPSA) is 9.72 Å². The molecule has 0 saturated carbocycles. The van der Waals surface area contributed by atoms with Gasteiger partial charge in [-0.15, -0.1) is 0 Å². The first-order chi connectivity index (χ1) is 31.4. The Morgan fingerprint density at radius 1 is 0.358 bits per heavy atom. The second kappa shape index (κ2) is 15.0. The van der Waals surface area contributed by atoms with Crippen molar-refractivity contribution < 1.29 is 0 Å². The zero-order valence-electron chi connectivity index (χ0n) is 43.1. The monoisotopic (exact) mass is 880 g/mol. The van der Waals surface area contributed by atoms with Gasteiger partial charge in [0.1, 0.15) is 0 Å². The number of nitrogens with zero attached hydrogens (tertiary/aromatic N) is 3. The third kappa shape index (κ3) is 7.15. The lowest BCUT2D eigenvalue weighted by Crippen LogP contribution is -2.61. The van der Waals surface area contributed by atoms with Crippen LogP contribution < -0.4 is 31.1 Å². The molecule has 0 fully saturated rings. The lowest BCUT2D eigenvalue weighted by atomic mass is 9.33. The fourth-order valence-corrected chi connectivity index (χ4v) is 11.3. The predicted molar refractivity (Wildman–Crippen MR) is 292 cm³/mol. The van der Waals surface area contributed by atoms with Gasteiger partial charge in [-0.25, -0.2) is 0 Å². The van der Waals surface area contributed by atoms with E-state index in [9.17, 15) is 0 Å². The third-order valence-electron chi connectivity index (χ3n) is 15.3. The van der Waals surface area contributed by atoms with Crippen molar-refractivity contribution in [3.8, 4) is 0 Å². The highest BCUT2D eigenvalue weighted by Gasteiger charge is 2.46. The van der Waals surface area contributed by atoms with Crippen molar-refractivity contribution in [3.63, 3.8) is 0 Å². The highest BCUT2D eigenvalue weighted by atomic mass is 15.2. The molecule has 7 aromatic carbocycles. The first-order valence-electron chi connectivity index (χ1n) is 24.6. The van der Waals surface area contributed by atoms with E-state index in [0.29, 0.717) is 0 Å². The van der Waals surface area contributed by atoms with Gasteiger partial charge in [-0.3, -0.25) is 0 Å². The van der Waals surface area contributed by atoms with Gasteiger partial charge in [0, 0.05) is 39.5 Å². The number of benzene rings is 7. The van der Waals surface area contributed by atoms with Gasteiger partial charge in [0.15, 0.2) is 0 Å². The molecule has 67 heavy (non-hydrogen) atoms. The summed E-state index contributed by atoms with van der Waals surface area (Å²) >= 11 is 0. The molecule has 0 radical (unpaired) electrons. The van der Waals surface area contributed by atoms with Crippen LogP contribution in [0, 0.1) is 13.8 Å². The molecule has 0 aromatic heterocycles. The van der Waals surface area contributed by atoms with Crippen molar-refractivity contribution in [1.82, 2.24) is 0 Å². The van der Waals surface area contributed by atoms with E-state index in [1.807, 2.05) is 0 Å². The molecule has 0 amide bonds. The van der Waals surface area contributed by atoms with E-state index in [1.165, 1.54) is 106 Å². The SMILES string of the molecule is Cc1cc(C(C)(C)C)ccc1N1c2ccc(C(C)(C)C)cc2B2c3ccc(C(C)(C)C)cc3N(c3ccc(C(C)(C)C)cc3C)c3cc(N4c5ccccc5C(C)(C)c5ccccc54)cc1c32. The number of aryl methyl sites for hydroxylation is 2. The number of hydrogen-bond acceptors (Lipinski definition) is 3. The van der Waals surface area contributed by atoms with Crippen LogP contribution in [-0.4, -0.2) is 6.71 Å². The number of rotatable bonds is 3. The van der Waals surface area contributed by atoms with Crippen LogP contribution in [0.4, 0.5) is 51.2 Å². The van der Waals surface area contributed by atoms with E-state index >= 15 is 0 Å². The van der Waals surface area contributed by atoms with Gasteiger partial charge >= 0.3 is 0 Å². The molecule has 0 atom stereocenters. The lowest BCUT2D eigenvalue weighted by molar-refractivity contribution is 0.589. The summed E-state index contributed by atoms with van der Waals surface area (Å²) in [7, 11) is 0. The third-order valence-corrected chi connectivity index (χ3v) is 15.3. The molecule has 3 aliphatic heterocycles. The fourth-order valence-electron chi connectivity index (χ4n) is 11.3. The summed E-state index contributed by atoms with van der Waals surface area (Å²) < 4.78 is 0. The Balaban J connectivity index is 1.38. The highest BCUT2D eigenvalue weighted by molar-refractivity contribution is 7.00. The Morgan fingerprint density at radius 3 is 1.22 bits per heavy atom. The lowest BCUT2D eigenvalue weighted by Gasteiger charge is -2.47. The van der Waals surface area contributed by atoms with E-state index in [1.54, 1.807) is 0 Å². The summed E-state index contributed by atoms with van der Waals surface area (Å²) in [5.74, 6) is 0. The van der Waals surface area contributed by atoms with E-state index in [2.05, 4.69) is 259 Å². The first kappa shape index (κ1) is 44.8. The maximum Gasteiger partial charge on any atom is 0.252 e. The minimum Gasteiger partial charge on any atom is -0.311 e. The molecule has 0 N–H and O–H groups in total. The van der Waals surface area contributed by atoms with Crippen molar-refractivity contribution in [1.29, 1.82) is 0 Å². The number of hydrogen-bond donors (Lipinski definition) is 0. The van der Waals surface area contributed by atoms with Crippen LogP contribution in [0.2, 0.25) is 0 Å². The van der Waals surface area contributed by atoms with Gasteiger partial charge in [-0.05, 0) is 145 Å². The molecule has 340 valence electrons. The average molecular weight is 880 g/mol. The van der Waals surface area contributed by atoms with Gasteiger partial charge in [-0.1, -0.05) is 182 Å². The maximum atomic E-state index is 2.64. The Labute approximate surface area is 403 Å². The minimum atomic E-state index is -0.181. The first-order valence-corrected chi connectivity index (χ1v) is 24.6. The standard InChI is InChI=1S/C63H70BN3/c1-39-33-41(59(3,4)5)26-30-50(39)66-54-32-28-43(61(9,10)11)35-49(54)64-48-29-25-44(62(12,13)14)36-55(48)67(51-31-27-42(34-40(51)2)60(6,7)8)57-38-45(37-56(66)58(57)64)65-52-23-19-17-21-46(52)63(15,16)47-22-18-20-24-53(47)65/h17-38H,1-16H3. The zero-order valence-corrected chi connectivity index (χ0v) is 43.1. The second-order valence-corrected chi connectivity index (χ2v) is 24.5. The van der Waals surface area contributed by atoms with Crippen LogP contribution in [0.25, 0.3) is 0 Å². The van der Waals surface area contributed by atoms with Gasteiger partial charge in [-0.2, -0.15) is 0 Å². The molecule has 7 aromatic rings. The van der Waals surface area contributed by atoms with Crippen molar-refractivity contribution in [2.75, 3.05) is 14.7 Å². The van der Waals surface area contributed by atoms with Crippen LogP contribution in [0.3, 0.4) is 0 Å². The summed E-state index contributed by atoms with van der Waals surface area (Å²) in [6.07, 6.45) is 0. The molecule has 0 saturated heterocycles. The van der Waals surface area contributed by atoms with Gasteiger partial charge in [0.05, 0.1) is 17.1 Å². The zero-order chi connectivity index (χ0) is 47.9. The molecule has 0 bridgehead atoms. The molecule has 0 aliphatic carbocycles. The van der Waals surface area contributed by atoms with E-state index in [0.717, 1.165) is 5.69 Å². The summed E-state index contributed by atoms with van der Waals surface area (Å²) in [6.45, 7) is 37.4. The second-order valence-electron chi connectivity index (χ2n) is 24.5. The Kier molecular flexibility index (Phi) is 10.0. The Bertz CT molecular complexity index is 3090. The summed E-state index contributed by atoms with van der Waals surface area (Å²) in [4.78, 5) is 7.82. The largest absolute Gasteiger partial charge is 0.311 e. The van der Waals surface area contributed by atoms with Gasteiger partial charge < -0.3 is 14.7 Å². The van der Waals surface area contributed by atoms with Crippen LogP contribution in [-0.2, 0) is 27.1 Å². The molecule has 4 heteroatoms. The number of fused-ring (bicyclic) bond motifs is 6. The molecule has 3 heterocycles. The fraction of sp³-hybridized carbons (Fsp3) is 0.333. The van der Waals surface area contributed by atoms with Crippen LogP contribution >= 0.6 is 0 Å². The van der Waals surface area contributed by atoms with Crippen LogP contribution in [0.5, 0.6) is 0 Å². The van der Waals surface area contributed by atoms with E-state index < -0.39 is 0 Å². The van der Waals surface area contributed by atoms with Gasteiger partial charge in [0.25, 0.3) is 6.71 Å². The summed E-state index contributed by atoms with van der Waals surface area (Å²) in [5, 5.41) is 0. The molecule has 0 unspecified atom stereocenters. The highest BCUT2D eigenvalue weighted by Crippen LogP contribution is 2.55. The van der Waals surface area contributed by atoms with Crippen LogP contribution in [0.15, 0.2) is 133 Å². The average Bonchev–Trinajstić information content (AvgIpc) is 3.25. The summed E-state index contributed by atoms with van der Waals surface area (Å²) in [6, 6.07) is 52.4. The minimum absolute atomic E-state index is 0.00367. The van der Waals surface area contributed by atoms with Crippen molar-refractivity contribution >= 4 is 74.3 Å². The quantitative estimate of drug-likeness (QED) is 0.164. The Morgan fingerprint density at radius 2 is 0.761 bits per heavy atom. The molecule has 3 aliphatic rings. The van der Waals surface area contributed by atoms with Crippen molar-refractivity contribution in [2.45, 2.75) is 138 Å². The smallest absolute Gasteiger partial charge is 0.252 e. The number of anilines is 9. The van der Waals surface area contributed by atoms with E-state index in [-0.39, 0.29) is 33.8 Å². The number of para-hydroxylation sites is 2. The molecule has 10 rings (SSSR count). The van der Waals surface area contributed by atoms with E-state index in [4.69, 9.17) is 0 Å².